The first kappa shape index (κ1) is 37.3. The largest absolute Gasteiger partial charge is 0.0655 e. The van der Waals surface area contributed by atoms with E-state index >= 15 is 0 Å². The standard InChI is InChI=1S/C50H64Si/c1-13-35-15-17-43-45(49(35)41-23-37(29(3)4)21-38(24-41)30(5)6)19-33(11)47(43)27-51-28-48-34(12)20-46-44(48)18-16-36(14-2)50(46)42-25-39(31(7)8)22-40(26-42)32(9)10/h15-26,29-32,47-48H,13-14,27-28,51H2,1-12H3. The van der Waals surface area contributed by atoms with Gasteiger partial charge in [0.15, 0.2) is 0 Å². The molecule has 0 heterocycles. The molecule has 268 valence electrons. The van der Waals surface area contributed by atoms with Gasteiger partial charge >= 0.3 is 0 Å². The molecule has 0 aromatic heterocycles. The van der Waals surface area contributed by atoms with Gasteiger partial charge in [-0.3, -0.25) is 0 Å². The van der Waals surface area contributed by atoms with E-state index in [0.717, 1.165) is 12.8 Å². The predicted octanol–water partition coefficient (Wildman–Crippen LogP) is 14.3. The maximum Gasteiger partial charge on any atom is 0.0218 e. The number of allylic oxidation sites excluding steroid dienone is 2. The van der Waals surface area contributed by atoms with Gasteiger partial charge in [0.1, 0.15) is 0 Å². The summed E-state index contributed by atoms with van der Waals surface area (Å²) >= 11 is 0. The smallest absolute Gasteiger partial charge is 0.0218 e. The SMILES string of the molecule is CCc1ccc2c(c1-c1cc(C(C)C)cc(C(C)C)c1)C=C(C)C2C[SiH2]CC1C(C)=Cc2c1ccc(CC)c2-c1cc(C(C)C)cc(C(C)C)c1. The minimum Gasteiger partial charge on any atom is -0.0655 e. The number of aryl methyl sites for hydroxylation is 2. The molecule has 0 saturated carbocycles. The molecule has 2 aliphatic carbocycles. The summed E-state index contributed by atoms with van der Waals surface area (Å²) in [5, 5.41) is 0. The van der Waals surface area contributed by atoms with E-state index in [-0.39, 0.29) is 9.52 Å². The van der Waals surface area contributed by atoms with Crippen LogP contribution in [0, 0.1) is 0 Å². The van der Waals surface area contributed by atoms with E-state index in [2.05, 4.69) is 156 Å². The van der Waals surface area contributed by atoms with Gasteiger partial charge in [-0.25, -0.2) is 0 Å². The van der Waals surface area contributed by atoms with Gasteiger partial charge in [-0.15, -0.1) is 0 Å². The number of hydrogen-bond acceptors (Lipinski definition) is 0. The number of hydrogen-bond donors (Lipinski definition) is 0. The molecule has 2 aliphatic rings. The summed E-state index contributed by atoms with van der Waals surface area (Å²) < 4.78 is 0. The zero-order valence-corrected chi connectivity index (χ0v) is 35.3. The Balaban J connectivity index is 1.29. The van der Waals surface area contributed by atoms with Crippen molar-refractivity contribution >= 4 is 21.7 Å². The Labute approximate surface area is 313 Å². The molecule has 1 heteroatoms. The van der Waals surface area contributed by atoms with Gasteiger partial charge in [0.25, 0.3) is 0 Å². The highest BCUT2D eigenvalue weighted by Crippen LogP contribution is 2.48. The Morgan fingerprint density at radius 2 is 0.824 bits per heavy atom. The van der Waals surface area contributed by atoms with Crippen LogP contribution in [-0.4, -0.2) is 9.52 Å². The van der Waals surface area contributed by atoms with Crippen LogP contribution in [0.2, 0.25) is 12.1 Å². The molecule has 4 aromatic rings. The van der Waals surface area contributed by atoms with Crippen LogP contribution >= 0.6 is 0 Å². The third-order valence-corrected chi connectivity index (χ3v) is 14.2. The summed E-state index contributed by atoms with van der Waals surface area (Å²) in [4.78, 5) is 0. The quantitative estimate of drug-likeness (QED) is 0.130. The molecule has 2 atom stereocenters. The maximum atomic E-state index is 2.56. The molecular formula is C50H64Si. The highest BCUT2D eigenvalue weighted by molar-refractivity contribution is 6.36. The predicted molar refractivity (Wildman–Crippen MR) is 230 cm³/mol. The molecule has 0 bridgehead atoms. The fourth-order valence-corrected chi connectivity index (χ4v) is 11.6. The lowest BCUT2D eigenvalue weighted by Gasteiger charge is -2.22. The summed E-state index contributed by atoms with van der Waals surface area (Å²) in [6, 6.07) is 27.4. The molecule has 0 saturated heterocycles. The van der Waals surface area contributed by atoms with Gasteiger partial charge in [-0.1, -0.05) is 165 Å². The molecule has 0 N–H and O–H groups in total. The van der Waals surface area contributed by atoms with Crippen molar-refractivity contribution in [2.75, 3.05) is 0 Å². The van der Waals surface area contributed by atoms with Crippen molar-refractivity contribution in [2.24, 2.45) is 0 Å². The molecule has 0 aliphatic heterocycles. The molecule has 2 unspecified atom stereocenters. The molecule has 0 amide bonds. The van der Waals surface area contributed by atoms with Crippen LogP contribution in [0.15, 0.2) is 71.8 Å². The fourth-order valence-electron chi connectivity index (χ4n) is 8.97. The van der Waals surface area contributed by atoms with Crippen molar-refractivity contribution in [3.63, 3.8) is 0 Å². The minimum absolute atomic E-state index is 0.321. The van der Waals surface area contributed by atoms with Crippen molar-refractivity contribution in [3.05, 3.63) is 127 Å². The van der Waals surface area contributed by atoms with Crippen molar-refractivity contribution in [1.82, 2.24) is 0 Å². The van der Waals surface area contributed by atoms with Crippen LogP contribution in [0.25, 0.3) is 34.4 Å². The van der Waals surface area contributed by atoms with Crippen LogP contribution in [0.5, 0.6) is 0 Å². The van der Waals surface area contributed by atoms with Crippen molar-refractivity contribution in [2.45, 2.75) is 144 Å². The zero-order chi connectivity index (χ0) is 36.7. The zero-order valence-electron chi connectivity index (χ0n) is 33.9. The topological polar surface area (TPSA) is 0 Å². The van der Waals surface area contributed by atoms with Gasteiger partial charge < -0.3 is 0 Å². The lowest BCUT2D eigenvalue weighted by molar-refractivity contribution is 0.834. The van der Waals surface area contributed by atoms with Crippen molar-refractivity contribution < 1.29 is 0 Å². The third-order valence-electron chi connectivity index (χ3n) is 12.3. The van der Waals surface area contributed by atoms with Crippen LogP contribution in [0.1, 0.15) is 174 Å². The second-order valence-electron chi connectivity index (χ2n) is 17.1. The van der Waals surface area contributed by atoms with Gasteiger partial charge in [0.05, 0.1) is 0 Å². The average Bonchev–Trinajstić information content (AvgIpc) is 3.60. The van der Waals surface area contributed by atoms with Crippen LogP contribution in [-0.2, 0) is 12.8 Å². The second-order valence-corrected chi connectivity index (χ2v) is 19.0. The molecule has 51 heavy (non-hydrogen) atoms. The molecule has 0 radical (unpaired) electrons. The molecule has 4 aromatic carbocycles. The first-order valence-electron chi connectivity index (χ1n) is 20.3. The summed E-state index contributed by atoms with van der Waals surface area (Å²) in [7, 11) is -0.321. The lowest BCUT2D eigenvalue weighted by atomic mass is 9.85. The van der Waals surface area contributed by atoms with Gasteiger partial charge in [0.2, 0.25) is 0 Å². The molecular weight excluding hydrogens is 629 g/mol. The molecule has 0 fully saturated rings. The van der Waals surface area contributed by atoms with E-state index < -0.39 is 0 Å². The summed E-state index contributed by atoms with van der Waals surface area (Å²) in [6.07, 6.45) is 7.25. The first-order valence-corrected chi connectivity index (χ1v) is 22.3. The Morgan fingerprint density at radius 1 is 0.490 bits per heavy atom. The first-order chi connectivity index (χ1) is 24.3. The maximum absolute atomic E-state index is 2.56. The van der Waals surface area contributed by atoms with Gasteiger partial charge in [-0.05, 0) is 128 Å². The minimum atomic E-state index is -0.321. The Hall–Kier alpha value is -3.42. The van der Waals surface area contributed by atoms with Gasteiger partial charge in [-0.2, -0.15) is 0 Å². The van der Waals surface area contributed by atoms with Crippen LogP contribution in [0.3, 0.4) is 0 Å². The summed E-state index contributed by atoms with van der Waals surface area (Å²) in [5.41, 5.74) is 23.9. The van der Waals surface area contributed by atoms with E-state index in [1.54, 1.807) is 22.3 Å². The monoisotopic (exact) mass is 692 g/mol. The highest BCUT2D eigenvalue weighted by Gasteiger charge is 2.30. The van der Waals surface area contributed by atoms with E-state index in [9.17, 15) is 0 Å². The van der Waals surface area contributed by atoms with Crippen LogP contribution < -0.4 is 0 Å². The van der Waals surface area contributed by atoms with Crippen LogP contribution in [0.4, 0.5) is 0 Å². The fraction of sp³-hybridized carbons (Fsp3) is 0.440. The average molecular weight is 693 g/mol. The molecule has 0 nitrogen and oxygen atoms in total. The van der Waals surface area contributed by atoms with Gasteiger partial charge in [0, 0.05) is 21.4 Å². The number of benzene rings is 4. The van der Waals surface area contributed by atoms with E-state index in [0.29, 0.717) is 35.5 Å². The van der Waals surface area contributed by atoms with E-state index in [1.165, 1.54) is 78.8 Å². The van der Waals surface area contributed by atoms with E-state index in [4.69, 9.17) is 0 Å². The normalized spacial score (nSPS) is 17.0. The number of fused-ring (bicyclic) bond motifs is 2. The Kier molecular flexibility index (Phi) is 11.2. The Bertz CT molecular complexity index is 1780. The summed E-state index contributed by atoms with van der Waals surface area (Å²) in [6.45, 7) is 28.1. The second kappa shape index (κ2) is 15.3. The highest BCUT2D eigenvalue weighted by atomic mass is 28.2. The van der Waals surface area contributed by atoms with Crippen molar-refractivity contribution in [3.8, 4) is 22.3 Å². The van der Waals surface area contributed by atoms with Crippen molar-refractivity contribution in [1.29, 1.82) is 0 Å². The summed E-state index contributed by atoms with van der Waals surface area (Å²) in [5.74, 6) is 3.20. The number of rotatable bonds is 12. The van der Waals surface area contributed by atoms with E-state index in [1.807, 2.05) is 0 Å². The lowest BCUT2D eigenvalue weighted by Crippen LogP contribution is -2.07. The molecule has 0 spiro atoms. The third kappa shape index (κ3) is 7.30. The Morgan fingerprint density at radius 3 is 1.12 bits per heavy atom. The molecule has 6 rings (SSSR count).